The van der Waals surface area contributed by atoms with E-state index in [1.54, 1.807) is 41.0 Å². The summed E-state index contributed by atoms with van der Waals surface area (Å²) in [5, 5.41) is 12.1. The Hall–Kier alpha value is -2.84. The van der Waals surface area contributed by atoms with Crippen molar-refractivity contribution in [2.45, 2.75) is 18.7 Å². The molecule has 1 N–H and O–H groups in total. The molecule has 0 aliphatic heterocycles. The van der Waals surface area contributed by atoms with Gasteiger partial charge in [-0.2, -0.15) is 0 Å². The van der Waals surface area contributed by atoms with Crippen LogP contribution in [0.3, 0.4) is 0 Å². The lowest BCUT2D eigenvalue weighted by Crippen LogP contribution is -2.14. The van der Waals surface area contributed by atoms with Gasteiger partial charge >= 0.3 is 0 Å². The monoisotopic (exact) mass is 430 g/mol. The number of ether oxygens (including phenoxy) is 1. The minimum absolute atomic E-state index is 0.0185. The van der Waals surface area contributed by atoms with Crippen LogP contribution in [0.25, 0.3) is 0 Å². The Balaban J connectivity index is 1.52. The van der Waals surface area contributed by atoms with E-state index in [0.717, 1.165) is 0 Å². The fraction of sp³-hybridized carbons (Fsp3) is 0.200. The molecule has 0 unspecified atom stereocenters. The number of ketones is 1. The Morgan fingerprint density at radius 1 is 1.14 bits per heavy atom. The van der Waals surface area contributed by atoms with Crippen molar-refractivity contribution >= 4 is 40.7 Å². The first kappa shape index (κ1) is 20.9. The van der Waals surface area contributed by atoms with E-state index in [2.05, 4.69) is 15.5 Å². The van der Waals surface area contributed by atoms with Gasteiger partial charge in [-0.05, 0) is 43.3 Å². The summed E-state index contributed by atoms with van der Waals surface area (Å²) in [6.45, 7) is 1.71. The number of benzene rings is 2. The molecule has 0 fully saturated rings. The van der Waals surface area contributed by atoms with Gasteiger partial charge in [-0.1, -0.05) is 35.5 Å². The molecule has 3 aromatic rings. The van der Waals surface area contributed by atoms with Crippen LogP contribution in [0, 0.1) is 0 Å². The molecule has 0 bridgehead atoms. The first-order valence-electron chi connectivity index (χ1n) is 8.73. The molecule has 0 saturated heterocycles. The van der Waals surface area contributed by atoms with Gasteiger partial charge in [0.2, 0.25) is 5.91 Å². The number of halogens is 1. The minimum Gasteiger partial charge on any atom is -0.484 e. The number of Topliss-reactive ketones (excluding diaryl/α,β-unsaturated/α-hetero) is 1. The third kappa shape index (κ3) is 5.58. The number of nitrogens with one attached hydrogen (secondary N) is 1. The maximum Gasteiger partial charge on any atom is 0.234 e. The van der Waals surface area contributed by atoms with Crippen LogP contribution in [-0.2, 0) is 18.4 Å². The standard InChI is InChI=1S/C20H19ClN4O3S/c1-13(26)14-7-9-15(10-8-14)22-19(27)12-29-20-24-23-18(25(20)2)11-28-17-6-4-3-5-16(17)21/h3-10H,11-12H2,1-2H3,(H,22,27). The molecular formula is C20H19ClN4O3S. The molecular weight excluding hydrogens is 412 g/mol. The summed E-state index contributed by atoms with van der Waals surface area (Å²) >= 11 is 7.35. The summed E-state index contributed by atoms with van der Waals surface area (Å²) in [4.78, 5) is 23.5. The summed E-state index contributed by atoms with van der Waals surface area (Å²) < 4.78 is 7.45. The van der Waals surface area contributed by atoms with Crippen LogP contribution >= 0.6 is 23.4 Å². The van der Waals surface area contributed by atoms with Crippen LogP contribution in [0.4, 0.5) is 5.69 Å². The normalized spacial score (nSPS) is 10.6. The Bertz CT molecular complexity index is 1020. The number of hydrogen-bond acceptors (Lipinski definition) is 6. The fourth-order valence-corrected chi connectivity index (χ4v) is 3.34. The minimum atomic E-state index is -0.178. The van der Waals surface area contributed by atoms with Crippen LogP contribution < -0.4 is 10.1 Å². The van der Waals surface area contributed by atoms with Crippen LogP contribution in [0.15, 0.2) is 53.7 Å². The number of amides is 1. The molecule has 0 saturated carbocycles. The van der Waals surface area contributed by atoms with Crippen molar-refractivity contribution in [2.24, 2.45) is 7.05 Å². The Morgan fingerprint density at radius 3 is 2.55 bits per heavy atom. The van der Waals surface area contributed by atoms with Crippen molar-refractivity contribution in [3.8, 4) is 5.75 Å². The van der Waals surface area contributed by atoms with Gasteiger partial charge in [-0.25, -0.2) is 0 Å². The Morgan fingerprint density at radius 2 is 1.86 bits per heavy atom. The van der Waals surface area contributed by atoms with Gasteiger partial charge in [0.15, 0.2) is 16.8 Å². The van der Waals surface area contributed by atoms with Crippen molar-refractivity contribution in [1.29, 1.82) is 0 Å². The van der Waals surface area contributed by atoms with Crippen molar-refractivity contribution < 1.29 is 14.3 Å². The first-order valence-corrected chi connectivity index (χ1v) is 10.1. The smallest absolute Gasteiger partial charge is 0.234 e. The molecule has 0 atom stereocenters. The number of anilines is 1. The Kier molecular flexibility index (Phi) is 6.90. The summed E-state index contributed by atoms with van der Waals surface area (Å²) in [5.41, 5.74) is 1.23. The summed E-state index contributed by atoms with van der Waals surface area (Å²) in [6.07, 6.45) is 0. The van der Waals surface area contributed by atoms with Crippen LogP contribution in [0.1, 0.15) is 23.1 Å². The quantitative estimate of drug-likeness (QED) is 0.429. The number of thioether (sulfide) groups is 1. The topological polar surface area (TPSA) is 86.1 Å². The molecule has 2 aromatic carbocycles. The predicted octanol–water partition coefficient (Wildman–Crippen LogP) is 3.98. The highest BCUT2D eigenvalue weighted by Crippen LogP contribution is 2.24. The lowest BCUT2D eigenvalue weighted by Gasteiger charge is -2.08. The Labute approximate surface area is 177 Å². The zero-order valence-electron chi connectivity index (χ0n) is 15.9. The molecule has 1 heterocycles. The van der Waals surface area contributed by atoms with E-state index >= 15 is 0 Å². The van der Waals surface area contributed by atoms with E-state index in [-0.39, 0.29) is 24.1 Å². The lowest BCUT2D eigenvalue weighted by molar-refractivity contribution is -0.113. The van der Waals surface area contributed by atoms with E-state index in [0.29, 0.717) is 33.0 Å². The molecule has 0 aliphatic rings. The predicted molar refractivity (Wildman–Crippen MR) is 113 cm³/mol. The maximum absolute atomic E-state index is 12.2. The molecule has 1 amide bonds. The summed E-state index contributed by atoms with van der Waals surface area (Å²) in [7, 11) is 1.81. The molecule has 0 aliphatic carbocycles. The molecule has 0 radical (unpaired) electrons. The van der Waals surface area contributed by atoms with E-state index in [1.165, 1.54) is 18.7 Å². The second-order valence-corrected chi connectivity index (χ2v) is 7.50. The third-order valence-electron chi connectivity index (χ3n) is 4.03. The van der Waals surface area contributed by atoms with Gasteiger partial charge in [-0.3, -0.25) is 9.59 Å². The zero-order valence-corrected chi connectivity index (χ0v) is 17.5. The molecule has 29 heavy (non-hydrogen) atoms. The number of para-hydroxylation sites is 1. The number of aromatic nitrogens is 3. The molecule has 9 heteroatoms. The second-order valence-electron chi connectivity index (χ2n) is 6.15. The van der Waals surface area contributed by atoms with Crippen LogP contribution in [-0.4, -0.2) is 32.2 Å². The highest BCUT2D eigenvalue weighted by atomic mass is 35.5. The van der Waals surface area contributed by atoms with Gasteiger partial charge in [0.05, 0.1) is 10.8 Å². The number of carbonyl (C=O) groups is 2. The van der Waals surface area contributed by atoms with Gasteiger partial charge in [0.25, 0.3) is 0 Å². The second kappa shape index (κ2) is 9.58. The van der Waals surface area contributed by atoms with Crippen molar-refractivity contribution in [3.05, 3.63) is 64.9 Å². The van der Waals surface area contributed by atoms with Crippen molar-refractivity contribution in [2.75, 3.05) is 11.1 Å². The largest absolute Gasteiger partial charge is 0.484 e. The van der Waals surface area contributed by atoms with Crippen LogP contribution in [0.5, 0.6) is 5.75 Å². The number of rotatable bonds is 8. The number of carbonyl (C=O) groups excluding carboxylic acids is 2. The van der Waals surface area contributed by atoms with Crippen LogP contribution in [0.2, 0.25) is 5.02 Å². The molecule has 1 aromatic heterocycles. The van der Waals surface area contributed by atoms with E-state index in [1.807, 2.05) is 19.2 Å². The maximum atomic E-state index is 12.2. The molecule has 7 nitrogen and oxygen atoms in total. The summed E-state index contributed by atoms with van der Waals surface area (Å²) in [5.74, 6) is 1.16. The lowest BCUT2D eigenvalue weighted by atomic mass is 10.1. The zero-order chi connectivity index (χ0) is 20.8. The number of nitrogens with zero attached hydrogens (tertiary/aromatic N) is 3. The van der Waals surface area contributed by atoms with Gasteiger partial charge in [-0.15, -0.1) is 10.2 Å². The van der Waals surface area contributed by atoms with E-state index < -0.39 is 0 Å². The fourth-order valence-electron chi connectivity index (χ4n) is 2.42. The third-order valence-corrected chi connectivity index (χ3v) is 5.36. The molecule has 150 valence electrons. The van der Waals surface area contributed by atoms with Crippen molar-refractivity contribution in [1.82, 2.24) is 14.8 Å². The highest BCUT2D eigenvalue weighted by Gasteiger charge is 2.13. The van der Waals surface area contributed by atoms with E-state index in [4.69, 9.17) is 16.3 Å². The average Bonchev–Trinajstić information content (AvgIpc) is 3.06. The van der Waals surface area contributed by atoms with E-state index in [9.17, 15) is 9.59 Å². The van der Waals surface area contributed by atoms with Gasteiger partial charge in [0.1, 0.15) is 12.4 Å². The average molecular weight is 431 g/mol. The molecule has 3 rings (SSSR count). The first-order chi connectivity index (χ1) is 13.9. The highest BCUT2D eigenvalue weighted by molar-refractivity contribution is 7.99. The number of hydrogen-bond donors (Lipinski definition) is 1. The van der Waals surface area contributed by atoms with Gasteiger partial charge < -0.3 is 14.6 Å². The SMILES string of the molecule is CC(=O)c1ccc(NC(=O)CSc2nnc(COc3ccccc3Cl)n2C)cc1. The molecule has 0 spiro atoms. The summed E-state index contributed by atoms with van der Waals surface area (Å²) in [6, 6.07) is 14.0. The van der Waals surface area contributed by atoms with Crippen molar-refractivity contribution in [3.63, 3.8) is 0 Å². The van der Waals surface area contributed by atoms with Gasteiger partial charge in [0, 0.05) is 18.3 Å².